The van der Waals surface area contributed by atoms with E-state index in [-0.39, 0.29) is 11.4 Å². The Morgan fingerprint density at radius 2 is 1.66 bits per heavy atom. The number of methoxy groups -OCH3 is 2. The number of nitrogens with one attached hydrogen (secondary N) is 1. The fraction of sp³-hybridized carbons (Fsp3) is 0.333. The van der Waals surface area contributed by atoms with Gasteiger partial charge < -0.3 is 19.7 Å². The summed E-state index contributed by atoms with van der Waals surface area (Å²) in [5.41, 5.74) is 3.41. The van der Waals surface area contributed by atoms with Crippen molar-refractivity contribution in [1.29, 1.82) is 0 Å². The molecule has 0 unspecified atom stereocenters. The van der Waals surface area contributed by atoms with E-state index in [1.807, 2.05) is 18.3 Å². The molecule has 0 radical (unpaired) electrons. The monoisotopic (exact) mass is 594 g/mol. The number of halogens is 2. The first-order valence-corrected chi connectivity index (χ1v) is 13.9. The fourth-order valence-corrected chi connectivity index (χ4v) is 5.99. The van der Waals surface area contributed by atoms with Crippen LogP contribution in [0.4, 0.5) is 5.82 Å². The molecule has 5 rings (SSSR count). The average Bonchev–Trinajstić information content (AvgIpc) is 2.95. The highest BCUT2D eigenvalue weighted by atomic mass is 35.5. The van der Waals surface area contributed by atoms with Gasteiger partial charge in [0.1, 0.15) is 22.8 Å². The van der Waals surface area contributed by atoms with E-state index in [0.29, 0.717) is 55.1 Å². The van der Waals surface area contributed by atoms with Crippen LogP contribution in [-0.2, 0) is 6.54 Å². The van der Waals surface area contributed by atoms with E-state index >= 15 is 0 Å². The van der Waals surface area contributed by atoms with Gasteiger partial charge in [0, 0.05) is 67.5 Å². The highest BCUT2D eigenvalue weighted by Crippen LogP contribution is 2.47. The number of pyridine rings is 1. The van der Waals surface area contributed by atoms with Crippen LogP contribution in [-0.4, -0.2) is 77.1 Å². The molecule has 1 aliphatic rings. The lowest BCUT2D eigenvalue weighted by Crippen LogP contribution is -2.57. The molecule has 0 atom stereocenters. The minimum Gasteiger partial charge on any atom is -0.495 e. The van der Waals surface area contributed by atoms with Crippen LogP contribution < -0.4 is 14.8 Å². The van der Waals surface area contributed by atoms with Crippen LogP contribution in [0.3, 0.4) is 0 Å². The Morgan fingerprint density at radius 3 is 2.27 bits per heavy atom. The second kappa shape index (κ2) is 11.8. The zero-order valence-corrected chi connectivity index (χ0v) is 25.2. The van der Waals surface area contributed by atoms with Gasteiger partial charge >= 0.3 is 0 Å². The minimum atomic E-state index is -0.358. The van der Waals surface area contributed by atoms with Crippen molar-refractivity contribution in [3.63, 3.8) is 0 Å². The predicted octanol–water partition coefficient (Wildman–Crippen LogP) is 5.79. The van der Waals surface area contributed by atoms with Crippen molar-refractivity contribution in [1.82, 2.24) is 24.8 Å². The largest absolute Gasteiger partial charge is 0.495 e. The van der Waals surface area contributed by atoms with Crippen molar-refractivity contribution in [2.24, 2.45) is 0 Å². The van der Waals surface area contributed by atoms with Gasteiger partial charge in [-0.3, -0.25) is 19.7 Å². The van der Waals surface area contributed by atoms with Crippen LogP contribution >= 0.6 is 23.2 Å². The third kappa shape index (κ3) is 5.81. The van der Waals surface area contributed by atoms with Crippen molar-refractivity contribution in [3.8, 4) is 22.6 Å². The summed E-state index contributed by atoms with van der Waals surface area (Å²) in [6, 6.07) is 8.85. The molecule has 2 aromatic carbocycles. The van der Waals surface area contributed by atoms with E-state index in [2.05, 4.69) is 51.0 Å². The lowest BCUT2D eigenvalue weighted by atomic mass is 9.98. The van der Waals surface area contributed by atoms with E-state index in [1.165, 1.54) is 20.4 Å². The lowest BCUT2D eigenvalue weighted by Gasteiger charge is -2.46. The summed E-state index contributed by atoms with van der Waals surface area (Å²) < 4.78 is 10.9. The molecule has 2 aromatic heterocycles. The van der Waals surface area contributed by atoms with Gasteiger partial charge in [0.15, 0.2) is 0 Å². The standard InChI is InChI=1S/C30H32Cl2N6O3/c1-30(2)17-37(3)12-13-38(30)16-18-6-9-23(35-15-18)36-29(39)20-8-7-19(27-28(20)34-11-10-33-27)24-25(31)21(40-4)14-22(41-5)26(24)32/h6-11,14-15H,12-13,16-17H2,1-5H3,(H,35,36,39). The lowest BCUT2D eigenvalue weighted by molar-refractivity contribution is 0.0253. The zero-order chi connectivity index (χ0) is 29.3. The van der Waals surface area contributed by atoms with Crippen molar-refractivity contribution >= 4 is 46.0 Å². The Morgan fingerprint density at radius 1 is 0.976 bits per heavy atom. The summed E-state index contributed by atoms with van der Waals surface area (Å²) in [6.45, 7) is 8.35. The zero-order valence-electron chi connectivity index (χ0n) is 23.7. The smallest absolute Gasteiger partial charge is 0.259 e. The molecule has 0 bridgehead atoms. The number of piperazine rings is 1. The third-order valence-corrected chi connectivity index (χ3v) is 8.17. The van der Waals surface area contributed by atoms with Gasteiger partial charge in [0.2, 0.25) is 0 Å². The van der Waals surface area contributed by atoms with Gasteiger partial charge in [-0.1, -0.05) is 35.3 Å². The van der Waals surface area contributed by atoms with E-state index in [9.17, 15) is 4.79 Å². The SMILES string of the molecule is COc1cc(OC)c(Cl)c(-c2ccc(C(=O)Nc3ccc(CN4CCN(C)CC4(C)C)cn3)c3nccnc23)c1Cl. The Labute approximate surface area is 249 Å². The van der Waals surface area contributed by atoms with Gasteiger partial charge in [-0.25, -0.2) is 4.98 Å². The molecule has 9 nitrogen and oxygen atoms in total. The number of amides is 1. The topological polar surface area (TPSA) is 92.7 Å². The Bertz CT molecular complexity index is 1570. The number of likely N-dealkylation sites (N-methyl/N-ethyl adjacent to an activating group) is 1. The molecule has 0 aliphatic carbocycles. The number of anilines is 1. The Hall–Kier alpha value is -3.50. The predicted molar refractivity (Wildman–Crippen MR) is 162 cm³/mol. The Kier molecular flexibility index (Phi) is 8.33. The summed E-state index contributed by atoms with van der Waals surface area (Å²) >= 11 is 13.4. The fourth-order valence-electron chi connectivity index (χ4n) is 5.29. The van der Waals surface area contributed by atoms with Gasteiger partial charge in [-0.05, 0) is 38.6 Å². The second-order valence-electron chi connectivity index (χ2n) is 10.7. The summed E-state index contributed by atoms with van der Waals surface area (Å²) in [5, 5.41) is 3.49. The molecular weight excluding hydrogens is 563 g/mol. The number of fused-ring (bicyclic) bond motifs is 1. The quantitative estimate of drug-likeness (QED) is 0.287. The molecule has 0 spiro atoms. The van der Waals surface area contributed by atoms with Crippen LogP contribution in [0.5, 0.6) is 11.5 Å². The van der Waals surface area contributed by atoms with Crippen molar-refractivity contribution < 1.29 is 14.3 Å². The summed E-state index contributed by atoms with van der Waals surface area (Å²) in [7, 11) is 5.18. The van der Waals surface area contributed by atoms with Crippen molar-refractivity contribution in [2.45, 2.75) is 25.9 Å². The van der Waals surface area contributed by atoms with Gasteiger partial charge in [-0.15, -0.1) is 0 Å². The van der Waals surface area contributed by atoms with Crippen molar-refractivity contribution in [2.75, 3.05) is 46.2 Å². The normalized spacial score (nSPS) is 15.6. The highest BCUT2D eigenvalue weighted by Gasteiger charge is 2.32. The maximum Gasteiger partial charge on any atom is 0.259 e. The molecule has 41 heavy (non-hydrogen) atoms. The number of aromatic nitrogens is 3. The number of carbonyl (C=O) groups is 1. The molecule has 0 saturated carbocycles. The van der Waals surface area contributed by atoms with Crippen LogP contribution in [0.2, 0.25) is 10.0 Å². The van der Waals surface area contributed by atoms with E-state index in [0.717, 1.165) is 31.7 Å². The minimum absolute atomic E-state index is 0.0681. The maximum atomic E-state index is 13.4. The van der Waals surface area contributed by atoms with Gasteiger partial charge in [0.05, 0.1) is 35.3 Å². The Balaban J connectivity index is 1.42. The highest BCUT2D eigenvalue weighted by molar-refractivity contribution is 6.41. The number of nitrogens with zero attached hydrogens (tertiary/aromatic N) is 5. The molecule has 4 aromatic rings. The molecule has 1 amide bonds. The molecule has 214 valence electrons. The number of rotatable bonds is 7. The van der Waals surface area contributed by atoms with Crippen LogP contribution in [0.1, 0.15) is 29.8 Å². The number of hydrogen-bond donors (Lipinski definition) is 1. The van der Waals surface area contributed by atoms with Crippen LogP contribution in [0.15, 0.2) is 48.9 Å². The molecule has 1 saturated heterocycles. The second-order valence-corrected chi connectivity index (χ2v) is 11.4. The molecular formula is C30H32Cl2N6O3. The number of carbonyl (C=O) groups excluding carboxylic acids is 1. The number of ether oxygens (including phenoxy) is 2. The first-order chi connectivity index (χ1) is 19.6. The third-order valence-electron chi connectivity index (χ3n) is 7.42. The van der Waals surface area contributed by atoms with E-state index in [4.69, 9.17) is 32.7 Å². The molecule has 3 heterocycles. The number of hydrogen-bond acceptors (Lipinski definition) is 8. The van der Waals surface area contributed by atoms with Crippen LogP contribution in [0, 0.1) is 0 Å². The van der Waals surface area contributed by atoms with E-state index in [1.54, 1.807) is 24.4 Å². The van der Waals surface area contributed by atoms with Gasteiger partial charge in [-0.2, -0.15) is 0 Å². The number of benzene rings is 2. The molecule has 1 aliphatic heterocycles. The molecule has 11 heteroatoms. The van der Waals surface area contributed by atoms with Gasteiger partial charge in [0.25, 0.3) is 5.91 Å². The summed E-state index contributed by atoms with van der Waals surface area (Å²) in [5.74, 6) is 0.879. The average molecular weight is 596 g/mol. The summed E-state index contributed by atoms with van der Waals surface area (Å²) in [4.78, 5) is 31.7. The maximum absolute atomic E-state index is 13.4. The van der Waals surface area contributed by atoms with E-state index < -0.39 is 0 Å². The first kappa shape index (κ1) is 29.0. The molecule has 1 fully saturated rings. The summed E-state index contributed by atoms with van der Waals surface area (Å²) in [6.07, 6.45) is 4.89. The van der Waals surface area contributed by atoms with Crippen molar-refractivity contribution in [3.05, 3.63) is 70.1 Å². The first-order valence-electron chi connectivity index (χ1n) is 13.2. The molecule has 1 N–H and O–H groups in total. The van der Waals surface area contributed by atoms with Crippen LogP contribution in [0.25, 0.3) is 22.2 Å².